The van der Waals surface area contributed by atoms with E-state index in [2.05, 4.69) is 0 Å². The molecule has 5 heteroatoms. The molecular formula is C16H17Cl2FN2. The van der Waals surface area contributed by atoms with Crippen LogP contribution in [0.3, 0.4) is 0 Å². The third-order valence-electron chi connectivity index (χ3n) is 3.43. The van der Waals surface area contributed by atoms with Gasteiger partial charge in [-0.1, -0.05) is 41.4 Å². The predicted molar refractivity (Wildman–Crippen MR) is 87.7 cm³/mol. The lowest BCUT2D eigenvalue weighted by Crippen LogP contribution is -2.34. The van der Waals surface area contributed by atoms with Crippen LogP contribution in [0.2, 0.25) is 10.0 Å². The van der Waals surface area contributed by atoms with E-state index in [1.165, 1.54) is 6.07 Å². The van der Waals surface area contributed by atoms with Crippen LogP contribution in [0, 0.1) is 5.82 Å². The molecule has 0 amide bonds. The largest absolute Gasteiger partial charge is 0.361 e. The molecular weight excluding hydrogens is 310 g/mol. The van der Waals surface area contributed by atoms with Gasteiger partial charge in [-0.15, -0.1) is 0 Å². The molecule has 2 aromatic rings. The Labute approximate surface area is 134 Å². The van der Waals surface area contributed by atoms with Crippen LogP contribution >= 0.6 is 23.2 Å². The summed E-state index contributed by atoms with van der Waals surface area (Å²) in [5.41, 5.74) is 7.36. The van der Waals surface area contributed by atoms with Crippen molar-refractivity contribution in [2.24, 2.45) is 5.73 Å². The number of nitrogens with two attached hydrogens (primary N) is 1. The third-order valence-corrected chi connectivity index (χ3v) is 4.17. The Morgan fingerprint density at radius 3 is 2.43 bits per heavy atom. The maximum Gasteiger partial charge on any atom is 0.146 e. The molecule has 0 radical (unpaired) electrons. The Balaban J connectivity index is 2.42. The van der Waals surface area contributed by atoms with Gasteiger partial charge in [-0.3, -0.25) is 0 Å². The minimum Gasteiger partial charge on any atom is -0.361 e. The molecule has 1 unspecified atom stereocenters. The van der Waals surface area contributed by atoms with Crippen LogP contribution in [-0.2, 0) is 0 Å². The lowest BCUT2D eigenvalue weighted by Gasteiger charge is -2.32. The number of anilines is 1. The number of rotatable bonds is 5. The summed E-state index contributed by atoms with van der Waals surface area (Å²) in [7, 11) is 0. The highest BCUT2D eigenvalue weighted by Crippen LogP contribution is 2.31. The first-order valence-corrected chi connectivity index (χ1v) is 7.50. The second kappa shape index (κ2) is 7.12. The van der Waals surface area contributed by atoms with Gasteiger partial charge in [0.05, 0.1) is 21.8 Å². The highest BCUT2D eigenvalue weighted by atomic mass is 35.5. The van der Waals surface area contributed by atoms with E-state index in [0.29, 0.717) is 28.8 Å². The van der Waals surface area contributed by atoms with E-state index in [1.807, 2.05) is 24.0 Å². The van der Waals surface area contributed by atoms with Crippen LogP contribution in [-0.4, -0.2) is 13.1 Å². The number of hydrogen-bond donors (Lipinski definition) is 1. The molecule has 0 fully saturated rings. The summed E-state index contributed by atoms with van der Waals surface area (Å²) in [6.45, 7) is 2.94. The zero-order chi connectivity index (χ0) is 15.4. The van der Waals surface area contributed by atoms with Gasteiger partial charge in [0.15, 0.2) is 0 Å². The van der Waals surface area contributed by atoms with E-state index in [-0.39, 0.29) is 11.9 Å². The summed E-state index contributed by atoms with van der Waals surface area (Å²) in [5.74, 6) is -0.266. The van der Waals surface area contributed by atoms with E-state index >= 15 is 0 Å². The molecule has 21 heavy (non-hydrogen) atoms. The quantitative estimate of drug-likeness (QED) is 0.865. The second-order valence-corrected chi connectivity index (χ2v) is 5.48. The third kappa shape index (κ3) is 3.49. The first-order chi connectivity index (χ1) is 10.1. The minimum atomic E-state index is -0.266. The highest BCUT2D eigenvalue weighted by Gasteiger charge is 2.21. The van der Waals surface area contributed by atoms with Crippen molar-refractivity contribution in [2.45, 2.75) is 13.0 Å². The average Bonchev–Trinajstić information content (AvgIpc) is 2.49. The number of likely N-dealkylation sites (N-methyl/N-ethyl adjacent to an activating group) is 1. The summed E-state index contributed by atoms with van der Waals surface area (Å²) in [6.07, 6.45) is 0. The van der Waals surface area contributed by atoms with E-state index in [4.69, 9.17) is 28.9 Å². The van der Waals surface area contributed by atoms with Crippen molar-refractivity contribution in [3.05, 3.63) is 63.9 Å². The Hall–Kier alpha value is -1.29. The van der Waals surface area contributed by atoms with Crippen LogP contribution in [0.5, 0.6) is 0 Å². The lowest BCUT2D eigenvalue weighted by atomic mass is 10.0. The molecule has 0 heterocycles. The van der Waals surface area contributed by atoms with Crippen LogP contribution in [0.25, 0.3) is 0 Å². The molecule has 0 saturated carbocycles. The smallest absolute Gasteiger partial charge is 0.146 e. The number of hydrogen-bond acceptors (Lipinski definition) is 2. The highest BCUT2D eigenvalue weighted by molar-refractivity contribution is 6.42. The minimum absolute atomic E-state index is 0.165. The summed E-state index contributed by atoms with van der Waals surface area (Å²) >= 11 is 12.0. The fourth-order valence-corrected chi connectivity index (χ4v) is 2.71. The van der Waals surface area contributed by atoms with Crippen molar-refractivity contribution in [1.82, 2.24) is 0 Å². The van der Waals surface area contributed by atoms with Gasteiger partial charge in [-0.05, 0) is 36.8 Å². The maximum atomic E-state index is 14.1. The van der Waals surface area contributed by atoms with Gasteiger partial charge >= 0.3 is 0 Å². The van der Waals surface area contributed by atoms with Gasteiger partial charge in [0.2, 0.25) is 0 Å². The number of para-hydroxylation sites is 1. The zero-order valence-corrected chi connectivity index (χ0v) is 13.2. The SMILES string of the molecule is CCN(c1ccccc1F)C(CN)c1ccc(Cl)c(Cl)c1. The normalized spacial score (nSPS) is 12.2. The fraction of sp³-hybridized carbons (Fsp3) is 0.250. The summed E-state index contributed by atoms with van der Waals surface area (Å²) in [6, 6.07) is 11.9. The standard InChI is InChI=1S/C16H17Cl2FN2/c1-2-21(15-6-4-3-5-14(15)19)16(10-20)11-7-8-12(17)13(18)9-11/h3-9,16H,2,10,20H2,1H3. The molecule has 2 nitrogen and oxygen atoms in total. The molecule has 2 rings (SSSR count). The maximum absolute atomic E-state index is 14.1. The Morgan fingerprint density at radius 2 is 1.86 bits per heavy atom. The van der Waals surface area contributed by atoms with Gasteiger partial charge in [0.25, 0.3) is 0 Å². The topological polar surface area (TPSA) is 29.3 Å². The van der Waals surface area contributed by atoms with Crippen molar-refractivity contribution < 1.29 is 4.39 Å². The molecule has 1 atom stereocenters. The van der Waals surface area contributed by atoms with Crippen molar-refractivity contribution >= 4 is 28.9 Å². The van der Waals surface area contributed by atoms with E-state index in [9.17, 15) is 4.39 Å². The lowest BCUT2D eigenvalue weighted by molar-refractivity contribution is 0.588. The second-order valence-electron chi connectivity index (χ2n) is 4.66. The molecule has 0 aliphatic carbocycles. The van der Waals surface area contributed by atoms with E-state index in [0.717, 1.165) is 5.56 Å². The summed E-state index contributed by atoms with van der Waals surface area (Å²) in [5, 5.41) is 0.960. The molecule has 112 valence electrons. The Kier molecular flexibility index (Phi) is 5.45. The van der Waals surface area contributed by atoms with Crippen molar-refractivity contribution in [3.8, 4) is 0 Å². The summed E-state index contributed by atoms with van der Waals surface area (Å²) < 4.78 is 14.1. The molecule has 0 bridgehead atoms. The molecule has 0 aromatic heterocycles. The first kappa shape index (κ1) is 16.1. The molecule has 0 aliphatic heterocycles. The summed E-state index contributed by atoms with van der Waals surface area (Å²) in [4.78, 5) is 1.93. The van der Waals surface area contributed by atoms with Gasteiger partial charge in [-0.25, -0.2) is 4.39 Å². The first-order valence-electron chi connectivity index (χ1n) is 6.74. The number of nitrogens with zero attached hydrogens (tertiary/aromatic N) is 1. The van der Waals surface area contributed by atoms with Crippen molar-refractivity contribution in [3.63, 3.8) is 0 Å². The molecule has 2 N–H and O–H groups in total. The van der Waals surface area contributed by atoms with E-state index in [1.54, 1.807) is 24.3 Å². The molecule has 0 saturated heterocycles. The van der Waals surface area contributed by atoms with Crippen molar-refractivity contribution in [2.75, 3.05) is 18.0 Å². The van der Waals surface area contributed by atoms with Crippen LogP contribution in [0.1, 0.15) is 18.5 Å². The van der Waals surface area contributed by atoms with Gasteiger partial charge < -0.3 is 10.6 Å². The van der Waals surface area contributed by atoms with Crippen LogP contribution in [0.15, 0.2) is 42.5 Å². The number of benzene rings is 2. The van der Waals surface area contributed by atoms with E-state index < -0.39 is 0 Å². The Morgan fingerprint density at radius 1 is 1.14 bits per heavy atom. The van der Waals surface area contributed by atoms with Gasteiger partial charge in [0, 0.05) is 13.1 Å². The van der Waals surface area contributed by atoms with Crippen LogP contribution < -0.4 is 10.6 Å². The molecule has 0 aliphatic rings. The molecule has 2 aromatic carbocycles. The van der Waals surface area contributed by atoms with Gasteiger partial charge in [0.1, 0.15) is 5.82 Å². The Bertz CT molecular complexity index is 619. The number of halogens is 3. The average molecular weight is 327 g/mol. The monoisotopic (exact) mass is 326 g/mol. The van der Waals surface area contributed by atoms with Crippen molar-refractivity contribution in [1.29, 1.82) is 0 Å². The molecule has 0 spiro atoms. The van der Waals surface area contributed by atoms with Crippen LogP contribution in [0.4, 0.5) is 10.1 Å². The zero-order valence-electron chi connectivity index (χ0n) is 11.7. The van der Waals surface area contributed by atoms with Gasteiger partial charge in [-0.2, -0.15) is 0 Å². The fourth-order valence-electron chi connectivity index (χ4n) is 2.41. The predicted octanol–water partition coefficient (Wildman–Crippen LogP) is 4.66.